The van der Waals surface area contributed by atoms with E-state index in [2.05, 4.69) is 9.62 Å². The maximum absolute atomic E-state index is 12.7. The highest BCUT2D eigenvalue weighted by molar-refractivity contribution is 7.89. The molecule has 27 heavy (non-hydrogen) atoms. The Kier molecular flexibility index (Phi) is 6.11. The lowest BCUT2D eigenvalue weighted by Gasteiger charge is -2.29. The van der Waals surface area contributed by atoms with Crippen molar-refractivity contribution in [2.45, 2.75) is 23.8 Å². The Balaban J connectivity index is 1.85. The van der Waals surface area contributed by atoms with E-state index in [1.807, 2.05) is 30.3 Å². The van der Waals surface area contributed by atoms with E-state index in [1.54, 1.807) is 19.2 Å². The van der Waals surface area contributed by atoms with Crippen molar-refractivity contribution in [2.75, 3.05) is 26.7 Å². The first kappa shape index (κ1) is 19.4. The Morgan fingerprint density at radius 1 is 1.19 bits per heavy atom. The maximum Gasteiger partial charge on any atom is 0.240 e. The van der Waals surface area contributed by atoms with Gasteiger partial charge in [-0.25, -0.2) is 13.1 Å². The van der Waals surface area contributed by atoms with Crippen LogP contribution in [0.1, 0.15) is 30.0 Å². The van der Waals surface area contributed by atoms with Crippen molar-refractivity contribution < 1.29 is 13.2 Å². The second-order valence-corrected chi connectivity index (χ2v) is 8.26. The van der Waals surface area contributed by atoms with Gasteiger partial charge in [0.15, 0.2) is 0 Å². The second-order valence-electron chi connectivity index (χ2n) is 6.49. The van der Waals surface area contributed by atoms with E-state index in [0.29, 0.717) is 5.56 Å². The number of nitriles is 1. The van der Waals surface area contributed by atoms with Crippen LogP contribution in [0.4, 0.5) is 0 Å². The van der Waals surface area contributed by atoms with E-state index < -0.39 is 10.0 Å². The smallest absolute Gasteiger partial charge is 0.240 e. The van der Waals surface area contributed by atoms with E-state index in [1.165, 1.54) is 12.1 Å². The van der Waals surface area contributed by atoms with Crippen LogP contribution in [-0.2, 0) is 10.0 Å². The van der Waals surface area contributed by atoms with Gasteiger partial charge in [-0.15, -0.1) is 0 Å². The number of nitrogens with one attached hydrogen (secondary N) is 1. The van der Waals surface area contributed by atoms with E-state index in [9.17, 15) is 8.42 Å². The van der Waals surface area contributed by atoms with Gasteiger partial charge in [-0.2, -0.15) is 5.26 Å². The van der Waals surface area contributed by atoms with Crippen LogP contribution in [0.25, 0.3) is 0 Å². The van der Waals surface area contributed by atoms with Crippen molar-refractivity contribution in [2.24, 2.45) is 0 Å². The Morgan fingerprint density at radius 3 is 2.63 bits per heavy atom. The van der Waals surface area contributed by atoms with Crippen LogP contribution in [0, 0.1) is 11.3 Å². The van der Waals surface area contributed by atoms with E-state index >= 15 is 0 Å². The number of sulfonamides is 1. The molecule has 1 N–H and O–H groups in total. The summed E-state index contributed by atoms with van der Waals surface area (Å²) >= 11 is 0. The number of nitrogens with zero attached hydrogens (tertiary/aromatic N) is 2. The number of hydrogen-bond donors (Lipinski definition) is 1. The van der Waals surface area contributed by atoms with Crippen molar-refractivity contribution >= 4 is 10.0 Å². The zero-order chi connectivity index (χ0) is 19.3. The Hall–Kier alpha value is -2.40. The van der Waals surface area contributed by atoms with Gasteiger partial charge in [0.2, 0.25) is 10.0 Å². The predicted molar refractivity (Wildman–Crippen MR) is 103 cm³/mol. The zero-order valence-electron chi connectivity index (χ0n) is 15.3. The molecule has 0 bridgehead atoms. The minimum Gasteiger partial charge on any atom is -0.496 e. The molecule has 1 saturated heterocycles. The predicted octanol–water partition coefficient (Wildman–Crippen LogP) is 2.68. The van der Waals surface area contributed by atoms with Crippen LogP contribution in [0.2, 0.25) is 0 Å². The molecule has 1 atom stereocenters. The maximum atomic E-state index is 12.7. The topological polar surface area (TPSA) is 82.4 Å². The Bertz CT molecular complexity index is 931. The largest absolute Gasteiger partial charge is 0.496 e. The molecule has 3 rings (SSSR count). The van der Waals surface area contributed by atoms with E-state index in [4.69, 9.17) is 10.00 Å². The van der Waals surface area contributed by atoms with Crippen LogP contribution in [0.15, 0.2) is 53.4 Å². The summed E-state index contributed by atoms with van der Waals surface area (Å²) in [7, 11) is -2.09. The standard InChI is InChI=1S/C20H23N3O3S/c1-26-20-10-3-2-9-18(20)19(23-11-4-5-12-23)15-22-27(24,25)17-8-6-7-16(13-17)14-21/h2-3,6-10,13,19,22H,4-5,11-12,15H2,1H3/t19-/m1/s1. The fraction of sp³-hybridized carbons (Fsp3) is 0.350. The first-order valence-electron chi connectivity index (χ1n) is 8.92. The minimum atomic E-state index is -3.71. The molecule has 0 unspecified atom stereocenters. The van der Waals surface area contributed by atoms with Gasteiger partial charge in [-0.05, 0) is 50.2 Å². The summed E-state index contributed by atoms with van der Waals surface area (Å²) in [6, 6.07) is 15.6. The first-order chi connectivity index (χ1) is 13.0. The van der Waals surface area contributed by atoms with Gasteiger partial charge >= 0.3 is 0 Å². The number of ether oxygens (including phenoxy) is 1. The second kappa shape index (κ2) is 8.53. The summed E-state index contributed by atoms with van der Waals surface area (Å²) in [5, 5.41) is 9.01. The molecule has 142 valence electrons. The van der Waals surface area contributed by atoms with Crippen LogP contribution < -0.4 is 9.46 Å². The molecule has 0 spiro atoms. The molecule has 0 amide bonds. The highest BCUT2D eigenvalue weighted by Gasteiger charge is 2.27. The van der Waals surface area contributed by atoms with Crippen molar-refractivity contribution in [3.8, 4) is 11.8 Å². The summed E-state index contributed by atoms with van der Waals surface area (Å²) < 4.78 is 33.7. The van der Waals surface area contributed by atoms with Crippen molar-refractivity contribution in [3.05, 3.63) is 59.7 Å². The molecule has 1 aliphatic rings. The SMILES string of the molecule is COc1ccccc1[C@@H](CNS(=O)(=O)c1cccc(C#N)c1)N1CCCC1. The Labute approximate surface area is 160 Å². The molecule has 7 heteroatoms. The number of methoxy groups -OCH3 is 1. The van der Waals surface area contributed by atoms with Gasteiger partial charge in [0.1, 0.15) is 5.75 Å². The molecule has 0 aliphatic carbocycles. The van der Waals surface area contributed by atoms with Crippen molar-refractivity contribution in [3.63, 3.8) is 0 Å². The molecule has 0 aromatic heterocycles. The fourth-order valence-electron chi connectivity index (χ4n) is 3.44. The van der Waals surface area contributed by atoms with Gasteiger partial charge in [-0.3, -0.25) is 4.90 Å². The number of likely N-dealkylation sites (tertiary alicyclic amines) is 1. The average molecular weight is 385 g/mol. The molecule has 2 aromatic rings. The summed E-state index contributed by atoms with van der Waals surface area (Å²) in [6.07, 6.45) is 2.20. The molecule has 6 nitrogen and oxygen atoms in total. The van der Waals surface area contributed by atoms with Crippen LogP contribution in [0.5, 0.6) is 5.75 Å². The molecule has 1 fully saturated rings. The highest BCUT2D eigenvalue weighted by atomic mass is 32.2. The molecule has 2 aromatic carbocycles. The first-order valence-corrected chi connectivity index (χ1v) is 10.4. The number of hydrogen-bond acceptors (Lipinski definition) is 5. The summed E-state index contributed by atoms with van der Waals surface area (Å²) in [5.41, 5.74) is 1.29. The normalized spacial score (nSPS) is 16.0. The summed E-state index contributed by atoms with van der Waals surface area (Å²) in [4.78, 5) is 2.38. The van der Waals surface area contributed by atoms with Crippen LogP contribution in [0.3, 0.4) is 0 Å². The zero-order valence-corrected chi connectivity index (χ0v) is 16.1. The highest BCUT2D eigenvalue weighted by Crippen LogP contribution is 2.31. The molecule has 0 radical (unpaired) electrons. The number of benzene rings is 2. The van der Waals surface area contributed by atoms with Crippen LogP contribution >= 0.6 is 0 Å². The number of rotatable bonds is 7. The summed E-state index contributed by atoms with van der Waals surface area (Å²) in [5.74, 6) is 0.750. The van der Waals surface area contributed by atoms with Crippen molar-refractivity contribution in [1.29, 1.82) is 5.26 Å². The lowest BCUT2D eigenvalue weighted by atomic mass is 10.0. The third-order valence-corrected chi connectivity index (χ3v) is 6.24. The minimum absolute atomic E-state index is 0.0988. The van der Waals surface area contributed by atoms with Gasteiger partial charge in [-0.1, -0.05) is 24.3 Å². The molecule has 1 aliphatic heterocycles. The average Bonchev–Trinajstić information content (AvgIpc) is 3.23. The molecule has 1 heterocycles. The quantitative estimate of drug-likeness (QED) is 0.792. The lowest BCUT2D eigenvalue weighted by molar-refractivity contribution is 0.240. The third-order valence-electron chi connectivity index (χ3n) is 4.82. The summed E-state index contributed by atoms with van der Waals surface area (Å²) in [6.45, 7) is 2.09. The van der Waals surface area contributed by atoms with Gasteiger partial charge in [0, 0.05) is 12.1 Å². The van der Waals surface area contributed by atoms with E-state index in [0.717, 1.165) is 37.2 Å². The van der Waals surface area contributed by atoms with Gasteiger partial charge < -0.3 is 4.74 Å². The van der Waals surface area contributed by atoms with Crippen molar-refractivity contribution in [1.82, 2.24) is 9.62 Å². The number of para-hydroxylation sites is 1. The van der Waals surface area contributed by atoms with E-state index in [-0.39, 0.29) is 17.5 Å². The Morgan fingerprint density at radius 2 is 1.93 bits per heavy atom. The third kappa shape index (κ3) is 4.48. The lowest BCUT2D eigenvalue weighted by Crippen LogP contribution is -2.37. The molecular weight excluding hydrogens is 362 g/mol. The molecular formula is C20H23N3O3S. The molecule has 0 saturated carbocycles. The van der Waals surface area contributed by atoms with Gasteiger partial charge in [0.05, 0.1) is 29.7 Å². The van der Waals surface area contributed by atoms with Crippen LogP contribution in [-0.4, -0.2) is 40.1 Å². The fourth-order valence-corrected chi connectivity index (χ4v) is 4.52. The monoisotopic (exact) mass is 385 g/mol. The van der Waals surface area contributed by atoms with Gasteiger partial charge in [0.25, 0.3) is 0 Å².